The van der Waals surface area contributed by atoms with E-state index in [0.717, 1.165) is 42.0 Å². The molecule has 0 saturated carbocycles. The average molecular weight is 425 g/mol. The highest BCUT2D eigenvalue weighted by Crippen LogP contribution is 2.28. The van der Waals surface area contributed by atoms with Gasteiger partial charge in [-0.3, -0.25) is 4.79 Å². The standard InChI is InChI=1S/C24H25ClN2O3/c1-29-22-10-3-2-7-18(22)14-23(28)27-11-5-8-19(16-27)24-26-15-21(30-24)13-17-6-4-9-20(25)12-17/h2-4,6-7,9-10,12,15,19H,5,8,11,13-14,16H2,1H3. The predicted octanol–water partition coefficient (Wildman–Crippen LogP) is 4.88. The Morgan fingerprint density at radius 1 is 1.27 bits per heavy atom. The molecule has 1 aliphatic rings. The Hall–Kier alpha value is -2.79. The van der Waals surface area contributed by atoms with Gasteiger partial charge in [-0.05, 0) is 36.6 Å². The molecular formula is C24H25ClN2O3. The Morgan fingerprint density at radius 3 is 2.97 bits per heavy atom. The predicted molar refractivity (Wildman–Crippen MR) is 116 cm³/mol. The maximum absolute atomic E-state index is 12.9. The molecule has 30 heavy (non-hydrogen) atoms. The first-order chi connectivity index (χ1) is 14.6. The lowest BCUT2D eigenvalue weighted by Gasteiger charge is -2.31. The van der Waals surface area contributed by atoms with Crippen molar-refractivity contribution >= 4 is 17.5 Å². The Bertz CT molecular complexity index is 1020. The van der Waals surface area contributed by atoms with Crippen LogP contribution in [0.4, 0.5) is 0 Å². The van der Waals surface area contributed by atoms with Gasteiger partial charge in [-0.15, -0.1) is 0 Å². The van der Waals surface area contributed by atoms with Crippen LogP contribution in [0.15, 0.2) is 59.1 Å². The third-order valence-corrected chi connectivity index (χ3v) is 5.73. The van der Waals surface area contributed by atoms with Crippen molar-refractivity contribution in [3.63, 3.8) is 0 Å². The fourth-order valence-corrected chi connectivity index (χ4v) is 4.18. The maximum Gasteiger partial charge on any atom is 0.227 e. The van der Waals surface area contributed by atoms with Gasteiger partial charge in [0.1, 0.15) is 11.5 Å². The number of carbonyl (C=O) groups excluding carboxylic acids is 1. The van der Waals surface area contributed by atoms with Gasteiger partial charge in [-0.25, -0.2) is 4.98 Å². The first kappa shape index (κ1) is 20.5. The summed E-state index contributed by atoms with van der Waals surface area (Å²) in [5.41, 5.74) is 1.99. The minimum absolute atomic E-state index is 0.106. The molecule has 0 spiro atoms. The zero-order chi connectivity index (χ0) is 20.9. The van der Waals surface area contributed by atoms with Crippen molar-refractivity contribution in [1.82, 2.24) is 9.88 Å². The molecule has 156 valence electrons. The van der Waals surface area contributed by atoms with E-state index in [1.807, 2.05) is 53.4 Å². The van der Waals surface area contributed by atoms with Crippen LogP contribution in [0.1, 0.15) is 41.5 Å². The molecule has 1 fully saturated rings. The molecule has 5 nitrogen and oxygen atoms in total. The molecular weight excluding hydrogens is 400 g/mol. The molecule has 1 amide bonds. The number of para-hydroxylation sites is 1. The number of ether oxygens (including phenoxy) is 1. The fourth-order valence-electron chi connectivity index (χ4n) is 3.97. The number of piperidine rings is 1. The normalized spacial score (nSPS) is 16.5. The quantitative estimate of drug-likeness (QED) is 0.566. The number of carbonyl (C=O) groups is 1. The number of hydrogen-bond acceptors (Lipinski definition) is 4. The van der Waals surface area contributed by atoms with Gasteiger partial charge in [-0.1, -0.05) is 41.9 Å². The van der Waals surface area contributed by atoms with E-state index in [1.54, 1.807) is 13.3 Å². The van der Waals surface area contributed by atoms with Gasteiger partial charge in [0.25, 0.3) is 0 Å². The van der Waals surface area contributed by atoms with Crippen LogP contribution in [0.5, 0.6) is 5.75 Å². The Balaban J connectivity index is 1.40. The molecule has 1 atom stereocenters. The zero-order valence-electron chi connectivity index (χ0n) is 17.0. The molecule has 4 rings (SSSR count). The van der Waals surface area contributed by atoms with Crippen LogP contribution in [0, 0.1) is 0 Å². The van der Waals surface area contributed by atoms with Crippen LogP contribution >= 0.6 is 11.6 Å². The molecule has 0 aliphatic carbocycles. The highest BCUT2D eigenvalue weighted by Gasteiger charge is 2.28. The second-order valence-corrected chi connectivity index (χ2v) is 8.08. The van der Waals surface area contributed by atoms with E-state index in [1.165, 1.54) is 0 Å². The Morgan fingerprint density at radius 2 is 2.13 bits per heavy atom. The second kappa shape index (κ2) is 9.35. The van der Waals surface area contributed by atoms with Crippen molar-refractivity contribution in [2.45, 2.75) is 31.6 Å². The van der Waals surface area contributed by atoms with Gasteiger partial charge in [0.2, 0.25) is 5.91 Å². The summed E-state index contributed by atoms with van der Waals surface area (Å²) in [6, 6.07) is 15.4. The van der Waals surface area contributed by atoms with Crippen LogP contribution < -0.4 is 4.74 Å². The van der Waals surface area contributed by atoms with Gasteiger partial charge < -0.3 is 14.1 Å². The van der Waals surface area contributed by atoms with Crippen molar-refractivity contribution in [2.24, 2.45) is 0 Å². The average Bonchev–Trinajstić information content (AvgIpc) is 3.23. The summed E-state index contributed by atoms with van der Waals surface area (Å²) in [7, 11) is 1.63. The van der Waals surface area contributed by atoms with Gasteiger partial charge in [0.15, 0.2) is 5.89 Å². The molecule has 0 N–H and O–H groups in total. The summed E-state index contributed by atoms with van der Waals surface area (Å²) in [6.45, 7) is 1.39. The minimum Gasteiger partial charge on any atom is -0.496 e. The molecule has 6 heteroatoms. The summed E-state index contributed by atoms with van der Waals surface area (Å²) < 4.78 is 11.4. The van der Waals surface area contributed by atoms with Crippen molar-refractivity contribution < 1.29 is 13.9 Å². The lowest BCUT2D eigenvalue weighted by molar-refractivity contribution is -0.131. The fraction of sp³-hybridized carbons (Fsp3) is 0.333. The number of rotatable bonds is 6. The lowest BCUT2D eigenvalue weighted by atomic mass is 9.97. The molecule has 1 unspecified atom stereocenters. The van der Waals surface area contributed by atoms with E-state index in [4.69, 9.17) is 20.8 Å². The van der Waals surface area contributed by atoms with E-state index in [9.17, 15) is 4.79 Å². The van der Waals surface area contributed by atoms with E-state index >= 15 is 0 Å². The first-order valence-electron chi connectivity index (χ1n) is 10.2. The molecule has 3 aromatic rings. The van der Waals surface area contributed by atoms with Crippen molar-refractivity contribution in [3.8, 4) is 5.75 Å². The molecule has 0 bridgehead atoms. The van der Waals surface area contributed by atoms with Crippen LogP contribution in [0.3, 0.4) is 0 Å². The van der Waals surface area contributed by atoms with Crippen molar-refractivity contribution in [3.05, 3.63) is 82.5 Å². The molecule has 0 radical (unpaired) electrons. The maximum atomic E-state index is 12.9. The number of likely N-dealkylation sites (tertiary alicyclic amines) is 1. The summed E-state index contributed by atoms with van der Waals surface area (Å²) in [6.07, 6.45) is 4.68. The van der Waals surface area contributed by atoms with E-state index in [0.29, 0.717) is 30.3 Å². The highest BCUT2D eigenvalue weighted by atomic mass is 35.5. The molecule has 1 aliphatic heterocycles. The molecule has 2 aromatic carbocycles. The van der Waals surface area contributed by atoms with Crippen LogP contribution in [-0.2, 0) is 17.6 Å². The summed E-state index contributed by atoms with van der Waals surface area (Å²) in [5.74, 6) is 2.49. The Kier molecular flexibility index (Phi) is 6.38. The van der Waals surface area contributed by atoms with Crippen molar-refractivity contribution in [1.29, 1.82) is 0 Å². The molecule has 2 heterocycles. The van der Waals surface area contributed by atoms with E-state index < -0.39 is 0 Å². The van der Waals surface area contributed by atoms with Crippen LogP contribution in [0.25, 0.3) is 0 Å². The number of oxazole rings is 1. The summed E-state index contributed by atoms with van der Waals surface area (Å²) >= 11 is 6.07. The molecule has 1 aromatic heterocycles. The SMILES string of the molecule is COc1ccccc1CC(=O)N1CCCC(c2ncc(Cc3cccc(Cl)c3)o2)C1. The monoisotopic (exact) mass is 424 g/mol. The number of amides is 1. The number of hydrogen-bond donors (Lipinski definition) is 0. The number of nitrogens with zero attached hydrogens (tertiary/aromatic N) is 2. The van der Waals surface area contributed by atoms with Gasteiger partial charge in [-0.2, -0.15) is 0 Å². The van der Waals surface area contributed by atoms with Crippen molar-refractivity contribution in [2.75, 3.05) is 20.2 Å². The minimum atomic E-state index is 0.106. The topological polar surface area (TPSA) is 55.6 Å². The smallest absolute Gasteiger partial charge is 0.227 e. The van der Waals surface area contributed by atoms with E-state index in [-0.39, 0.29) is 11.8 Å². The number of halogens is 1. The first-order valence-corrected chi connectivity index (χ1v) is 10.6. The highest BCUT2D eigenvalue weighted by molar-refractivity contribution is 6.30. The largest absolute Gasteiger partial charge is 0.496 e. The van der Waals surface area contributed by atoms with Gasteiger partial charge in [0.05, 0.1) is 25.6 Å². The van der Waals surface area contributed by atoms with E-state index in [2.05, 4.69) is 4.98 Å². The summed E-state index contributed by atoms with van der Waals surface area (Å²) in [4.78, 5) is 19.3. The van der Waals surface area contributed by atoms with Crippen LogP contribution in [-0.4, -0.2) is 36.0 Å². The molecule has 1 saturated heterocycles. The van der Waals surface area contributed by atoms with Crippen LogP contribution in [0.2, 0.25) is 5.02 Å². The third kappa shape index (κ3) is 4.85. The Labute approximate surface area is 181 Å². The number of benzene rings is 2. The number of aromatic nitrogens is 1. The lowest BCUT2D eigenvalue weighted by Crippen LogP contribution is -2.40. The number of methoxy groups -OCH3 is 1. The summed E-state index contributed by atoms with van der Waals surface area (Å²) in [5, 5.41) is 0.712. The zero-order valence-corrected chi connectivity index (χ0v) is 17.8. The van der Waals surface area contributed by atoms with Gasteiger partial charge in [0, 0.05) is 30.1 Å². The van der Waals surface area contributed by atoms with Gasteiger partial charge >= 0.3 is 0 Å². The second-order valence-electron chi connectivity index (χ2n) is 7.64. The third-order valence-electron chi connectivity index (χ3n) is 5.50.